The molecule has 0 aromatic heterocycles. The van der Waals surface area contributed by atoms with E-state index in [2.05, 4.69) is 0 Å². The second-order valence-electron chi connectivity index (χ2n) is 3.79. The first-order chi connectivity index (χ1) is 7.47. The van der Waals surface area contributed by atoms with E-state index in [1.54, 1.807) is 31.2 Å². The van der Waals surface area contributed by atoms with Crippen molar-refractivity contribution in [1.82, 2.24) is 0 Å². The Labute approximate surface area is 102 Å². The summed E-state index contributed by atoms with van der Waals surface area (Å²) >= 11 is 5.92. The maximum absolute atomic E-state index is 11.9. The largest absolute Gasteiger partial charge is 0.330 e. The number of hydrogen-bond donors (Lipinski definition) is 1. The van der Waals surface area contributed by atoms with Crippen molar-refractivity contribution in [2.45, 2.75) is 24.3 Å². The second-order valence-corrected chi connectivity index (χ2v) is 6.61. The lowest BCUT2D eigenvalue weighted by atomic mass is 10.2. The summed E-state index contributed by atoms with van der Waals surface area (Å²) < 4.78 is 23.9. The highest BCUT2D eigenvalue weighted by atomic mass is 35.5. The van der Waals surface area contributed by atoms with Gasteiger partial charge >= 0.3 is 0 Å². The Bertz CT molecular complexity index is 445. The van der Waals surface area contributed by atoms with Crippen LogP contribution in [-0.2, 0) is 15.6 Å². The van der Waals surface area contributed by atoms with E-state index in [1.807, 2.05) is 0 Å². The predicted molar refractivity (Wildman–Crippen MR) is 67.2 cm³/mol. The normalized spacial score (nSPS) is 13.7. The van der Waals surface area contributed by atoms with Crippen LogP contribution in [0.5, 0.6) is 0 Å². The molecule has 0 aliphatic carbocycles. The zero-order valence-electron chi connectivity index (χ0n) is 9.19. The third-order valence-corrected chi connectivity index (χ3v) is 5.04. The number of benzene rings is 1. The molecule has 0 bridgehead atoms. The van der Waals surface area contributed by atoms with E-state index in [1.165, 1.54) is 0 Å². The lowest BCUT2D eigenvalue weighted by Gasteiger charge is -2.12. The van der Waals surface area contributed by atoms with Crippen molar-refractivity contribution in [2.75, 3.05) is 6.54 Å². The Morgan fingerprint density at radius 1 is 1.38 bits per heavy atom. The molecule has 0 fully saturated rings. The van der Waals surface area contributed by atoms with Gasteiger partial charge in [0.1, 0.15) is 0 Å². The lowest BCUT2D eigenvalue weighted by molar-refractivity contribution is 0.577. The summed E-state index contributed by atoms with van der Waals surface area (Å²) in [4.78, 5) is 0. The number of nitrogens with two attached hydrogens (primary N) is 1. The first kappa shape index (κ1) is 13.5. The molecule has 1 unspecified atom stereocenters. The molecule has 1 aromatic carbocycles. The van der Waals surface area contributed by atoms with Gasteiger partial charge in [-0.25, -0.2) is 8.42 Å². The van der Waals surface area contributed by atoms with Crippen LogP contribution in [0.3, 0.4) is 0 Å². The molecule has 3 nitrogen and oxygen atoms in total. The van der Waals surface area contributed by atoms with Crippen LogP contribution in [0.1, 0.15) is 18.9 Å². The molecule has 0 radical (unpaired) electrons. The molecular formula is C11H16ClNO2S. The van der Waals surface area contributed by atoms with Crippen LogP contribution in [0.25, 0.3) is 0 Å². The predicted octanol–water partition coefficient (Wildman–Crippen LogP) is 1.99. The molecule has 1 rings (SSSR count). The Balaban J connectivity index is 2.85. The molecule has 0 saturated heterocycles. The highest BCUT2D eigenvalue weighted by molar-refractivity contribution is 7.91. The van der Waals surface area contributed by atoms with Crippen molar-refractivity contribution in [1.29, 1.82) is 0 Å². The molecule has 90 valence electrons. The van der Waals surface area contributed by atoms with Gasteiger partial charge in [-0.15, -0.1) is 0 Å². The Morgan fingerprint density at radius 3 is 2.56 bits per heavy atom. The van der Waals surface area contributed by atoms with Crippen LogP contribution < -0.4 is 5.73 Å². The van der Waals surface area contributed by atoms with Crippen LogP contribution in [0.4, 0.5) is 0 Å². The Hall–Kier alpha value is -0.580. The minimum absolute atomic E-state index is 0.0200. The summed E-state index contributed by atoms with van der Waals surface area (Å²) in [6.45, 7) is 2.06. The van der Waals surface area contributed by atoms with Gasteiger partial charge in [0, 0.05) is 5.02 Å². The molecule has 1 atom stereocenters. The maximum Gasteiger partial charge on any atom is 0.157 e. The van der Waals surface area contributed by atoms with Gasteiger partial charge in [0.25, 0.3) is 0 Å². The molecule has 1 aromatic rings. The lowest BCUT2D eigenvalue weighted by Crippen LogP contribution is -2.22. The van der Waals surface area contributed by atoms with Gasteiger partial charge in [0.15, 0.2) is 9.84 Å². The van der Waals surface area contributed by atoms with Gasteiger partial charge in [-0.05, 0) is 31.5 Å². The monoisotopic (exact) mass is 261 g/mol. The molecule has 0 aliphatic heterocycles. The van der Waals surface area contributed by atoms with Crippen molar-refractivity contribution < 1.29 is 8.42 Å². The second kappa shape index (κ2) is 5.66. The van der Waals surface area contributed by atoms with Gasteiger partial charge in [-0.2, -0.15) is 0 Å². The zero-order chi connectivity index (χ0) is 12.2. The average molecular weight is 262 g/mol. The molecule has 0 amide bonds. The minimum atomic E-state index is -3.16. The van der Waals surface area contributed by atoms with Crippen molar-refractivity contribution in [3.8, 4) is 0 Å². The first-order valence-corrected chi connectivity index (χ1v) is 7.21. The van der Waals surface area contributed by atoms with Gasteiger partial charge in [0.05, 0.1) is 11.0 Å². The number of rotatable bonds is 5. The van der Waals surface area contributed by atoms with Crippen molar-refractivity contribution in [2.24, 2.45) is 5.73 Å². The van der Waals surface area contributed by atoms with Gasteiger partial charge in [-0.3, -0.25) is 0 Å². The van der Waals surface area contributed by atoms with E-state index >= 15 is 0 Å². The van der Waals surface area contributed by atoms with Crippen LogP contribution in [0.15, 0.2) is 24.3 Å². The van der Waals surface area contributed by atoms with E-state index in [-0.39, 0.29) is 5.75 Å². The summed E-state index contributed by atoms with van der Waals surface area (Å²) in [5.41, 5.74) is 6.01. The Kier molecular flexibility index (Phi) is 4.77. The standard InChI is InChI=1S/C11H16ClNO2S/c1-9(6-7-13)16(14,15)8-10-4-2-3-5-11(10)12/h2-5,9H,6-8,13H2,1H3. The van der Waals surface area contributed by atoms with Crippen LogP contribution in [0, 0.1) is 0 Å². The molecule has 0 heterocycles. The maximum atomic E-state index is 11.9. The average Bonchev–Trinajstić information content (AvgIpc) is 2.21. The van der Waals surface area contributed by atoms with Gasteiger partial charge < -0.3 is 5.73 Å². The van der Waals surface area contributed by atoms with E-state index in [9.17, 15) is 8.42 Å². The van der Waals surface area contributed by atoms with Gasteiger partial charge in [-0.1, -0.05) is 29.8 Å². The highest BCUT2D eigenvalue weighted by Crippen LogP contribution is 2.20. The summed E-state index contributed by atoms with van der Waals surface area (Å²) in [6.07, 6.45) is 0.479. The summed E-state index contributed by atoms with van der Waals surface area (Å²) in [7, 11) is -3.16. The third-order valence-electron chi connectivity index (χ3n) is 2.50. The smallest absolute Gasteiger partial charge is 0.157 e. The van der Waals surface area contributed by atoms with Crippen LogP contribution >= 0.6 is 11.6 Å². The van der Waals surface area contributed by atoms with Gasteiger partial charge in [0.2, 0.25) is 0 Å². The molecular weight excluding hydrogens is 246 g/mol. The molecule has 0 saturated carbocycles. The minimum Gasteiger partial charge on any atom is -0.330 e. The van der Waals surface area contributed by atoms with E-state index in [0.29, 0.717) is 23.6 Å². The fourth-order valence-corrected chi connectivity index (χ4v) is 3.14. The van der Waals surface area contributed by atoms with Crippen molar-refractivity contribution >= 4 is 21.4 Å². The van der Waals surface area contributed by atoms with E-state index in [0.717, 1.165) is 0 Å². The molecule has 0 aliphatic rings. The zero-order valence-corrected chi connectivity index (χ0v) is 10.8. The summed E-state index contributed by atoms with van der Waals surface area (Å²) in [5, 5.41) is 0.0693. The number of halogens is 1. The topological polar surface area (TPSA) is 60.2 Å². The van der Waals surface area contributed by atoms with Crippen molar-refractivity contribution in [3.05, 3.63) is 34.9 Å². The molecule has 16 heavy (non-hydrogen) atoms. The number of sulfone groups is 1. The quantitative estimate of drug-likeness (QED) is 0.882. The summed E-state index contributed by atoms with van der Waals surface area (Å²) in [6, 6.07) is 6.99. The molecule has 5 heteroatoms. The molecule has 0 spiro atoms. The van der Waals surface area contributed by atoms with Crippen molar-refractivity contribution in [3.63, 3.8) is 0 Å². The number of hydrogen-bond acceptors (Lipinski definition) is 3. The highest BCUT2D eigenvalue weighted by Gasteiger charge is 2.21. The van der Waals surface area contributed by atoms with E-state index in [4.69, 9.17) is 17.3 Å². The van der Waals surface area contributed by atoms with Crippen LogP contribution in [0.2, 0.25) is 5.02 Å². The fourth-order valence-electron chi connectivity index (χ4n) is 1.39. The fraction of sp³-hybridized carbons (Fsp3) is 0.455. The summed E-state index contributed by atoms with van der Waals surface area (Å²) in [5.74, 6) is -0.0200. The molecule has 2 N–H and O–H groups in total. The first-order valence-electron chi connectivity index (χ1n) is 5.12. The SMILES string of the molecule is CC(CCN)S(=O)(=O)Cc1ccccc1Cl. The third kappa shape index (κ3) is 3.47. The van der Waals surface area contributed by atoms with E-state index < -0.39 is 15.1 Å². The van der Waals surface area contributed by atoms with Crippen LogP contribution in [-0.4, -0.2) is 20.2 Å². The Morgan fingerprint density at radius 2 is 2.00 bits per heavy atom.